The molecular weight excluding hydrogens is 348 g/mol. The minimum atomic E-state index is -0.462. The first-order valence-corrected chi connectivity index (χ1v) is 9.82. The lowest BCUT2D eigenvalue weighted by molar-refractivity contribution is -0.156. The van der Waals surface area contributed by atoms with Crippen LogP contribution in [0.2, 0.25) is 0 Å². The molecule has 0 radical (unpaired) electrons. The maximum absolute atomic E-state index is 12.3. The molecule has 2 N–H and O–H groups in total. The number of ether oxygens (including phenoxy) is 1. The monoisotopic (exact) mass is 374 g/mol. The third-order valence-corrected chi connectivity index (χ3v) is 6.68. The molecule has 6 heteroatoms. The average Bonchev–Trinajstić information content (AvgIpc) is 3.21. The molecule has 1 fully saturated rings. The highest BCUT2D eigenvalue weighted by Gasteiger charge is 2.50. The van der Waals surface area contributed by atoms with Crippen molar-refractivity contribution < 1.29 is 14.6 Å². The van der Waals surface area contributed by atoms with Gasteiger partial charge in [-0.1, -0.05) is 18.6 Å². The summed E-state index contributed by atoms with van der Waals surface area (Å²) in [5, 5.41) is 16.2. The summed E-state index contributed by atoms with van der Waals surface area (Å²) in [4.78, 5) is 16.9. The van der Waals surface area contributed by atoms with E-state index in [0.29, 0.717) is 12.5 Å². The molecule has 1 aromatic heterocycles. The maximum Gasteiger partial charge on any atom is 0.312 e. The van der Waals surface area contributed by atoms with Crippen LogP contribution in [-0.2, 0) is 9.53 Å². The molecule has 0 spiro atoms. The topological polar surface area (TPSA) is 71.5 Å². The first kappa shape index (κ1) is 18.7. The summed E-state index contributed by atoms with van der Waals surface area (Å²) in [6.07, 6.45) is 2.02. The number of hydrogen-bond acceptors (Lipinski definition) is 6. The van der Waals surface area contributed by atoms with Gasteiger partial charge in [0.25, 0.3) is 0 Å². The zero-order valence-electron chi connectivity index (χ0n) is 15.7. The van der Waals surface area contributed by atoms with Crippen LogP contribution in [0.3, 0.4) is 0 Å². The SMILES string of the molecule is COC(=O)C1(C)C(C)CCC1CNc1nc(-c2cc(C)ccc2O)cs1. The second-order valence-electron chi connectivity index (χ2n) is 7.39. The largest absolute Gasteiger partial charge is 0.507 e. The lowest BCUT2D eigenvalue weighted by Crippen LogP contribution is -2.40. The van der Waals surface area contributed by atoms with Gasteiger partial charge in [0.15, 0.2) is 5.13 Å². The average molecular weight is 375 g/mol. The normalized spacial score (nSPS) is 25.2. The predicted molar refractivity (Wildman–Crippen MR) is 104 cm³/mol. The number of aryl methyl sites for hydroxylation is 1. The number of methoxy groups -OCH3 is 1. The number of rotatable bonds is 5. The molecule has 2 aromatic rings. The molecule has 1 aromatic carbocycles. The van der Waals surface area contributed by atoms with Crippen molar-refractivity contribution in [3.63, 3.8) is 0 Å². The molecule has 0 saturated heterocycles. The summed E-state index contributed by atoms with van der Waals surface area (Å²) in [5.74, 6) is 0.622. The Morgan fingerprint density at radius 3 is 2.96 bits per heavy atom. The van der Waals surface area contributed by atoms with Gasteiger partial charge in [0.1, 0.15) is 5.75 Å². The van der Waals surface area contributed by atoms with Gasteiger partial charge in [-0.15, -0.1) is 11.3 Å². The zero-order valence-corrected chi connectivity index (χ0v) is 16.5. The van der Waals surface area contributed by atoms with Crippen LogP contribution in [0.15, 0.2) is 23.6 Å². The van der Waals surface area contributed by atoms with E-state index in [-0.39, 0.29) is 17.6 Å². The van der Waals surface area contributed by atoms with Gasteiger partial charge in [0.05, 0.1) is 18.2 Å². The number of esters is 1. The van der Waals surface area contributed by atoms with Crippen molar-refractivity contribution in [3.05, 3.63) is 29.1 Å². The number of carbonyl (C=O) groups excluding carboxylic acids is 1. The quantitative estimate of drug-likeness (QED) is 0.756. The Morgan fingerprint density at radius 2 is 2.23 bits per heavy atom. The molecule has 5 nitrogen and oxygen atoms in total. The molecule has 140 valence electrons. The standard InChI is InChI=1S/C20H26N2O3S/c1-12-5-8-17(23)15(9-12)16-11-26-19(22-16)21-10-14-7-6-13(2)20(14,3)18(24)25-4/h5,8-9,11,13-14,23H,6-7,10H2,1-4H3,(H,21,22). The van der Waals surface area contributed by atoms with Crippen molar-refractivity contribution in [2.75, 3.05) is 19.0 Å². The number of aromatic nitrogens is 1. The summed E-state index contributed by atoms with van der Waals surface area (Å²) in [6, 6.07) is 5.50. The van der Waals surface area contributed by atoms with E-state index >= 15 is 0 Å². The third-order valence-electron chi connectivity index (χ3n) is 5.88. The summed E-state index contributed by atoms with van der Waals surface area (Å²) in [7, 11) is 1.46. The molecular formula is C20H26N2O3S. The van der Waals surface area contributed by atoms with Crippen molar-refractivity contribution >= 4 is 22.4 Å². The minimum absolute atomic E-state index is 0.126. The molecule has 1 aliphatic carbocycles. The number of benzene rings is 1. The Balaban J connectivity index is 1.72. The molecule has 0 amide bonds. The Labute approximate surface area is 158 Å². The van der Waals surface area contributed by atoms with E-state index in [1.807, 2.05) is 31.4 Å². The molecule has 3 rings (SSSR count). The van der Waals surface area contributed by atoms with E-state index in [9.17, 15) is 9.90 Å². The second-order valence-corrected chi connectivity index (χ2v) is 8.25. The van der Waals surface area contributed by atoms with Gasteiger partial charge < -0.3 is 15.2 Å². The molecule has 26 heavy (non-hydrogen) atoms. The van der Waals surface area contributed by atoms with Gasteiger partial charge in [-0.05, 0) is 50.7 Å². The second kappa shape index (κ2) is 7.27. The lowest BCUT2D eigenvalue weighted by atomic mass is 9.74. The first-order chi connectivity index (χ1) is 12.4. The number of phenols is 1. The fraction of sp³-hybridized carbons (Fsp3) is 0.500. The van der Waals surface area contributed by atoms with Gasteiger partial charge in [-0.2, -0.15) is 0 Å². The molecule has 0 aliphatic heterocycles. The van der Waals surface area contributed by atoms with E-state index in [1.54, 1.807) is 6.07 Å². The van der Waals surface area contributed by atoms with Crippen LogP contribution >= 0.6 is 11.3 Å². The van der Waals surface area contributed by atoms with E-state index in [2.05, 4.69) is 17.2 Å². The lowest BCUT2D eigenvalue weighted by Gasteiger charge is -2.32. The van der Waals surface area contributed by atoms with Gasteiger partial charge in [0, 0.05) is 17.5 Å². The van der Waals surface area contributed by atoms with Crippen LogP contribution in [0, 0.1) is 24.2 Å². The smallest absolute Gasteiger partial charge is 0.312 e. The summed E-state index contributed by atoms with van der Waals surface area (Å²) >= 11 is 1.51. The molecule has 1 heterocycles. The number of aromatic hydroxyl groups is 1. The number of nitrogens with one attached hydrogen (secondary N) is 1. The number of phenolic OH excluding ortho intramolecular Hbond substituents is 1. The number of anilines is 1. The molecule has 3 atom stereocenters. The van der Waals surface area contributed by atoms with Gasteiger partial charge in [-0.25, -0.2) is 4.98 Å². The zero-order chi connectivity index (χ0) is 18.9. The van der Waals surface area contributed by atoms with Crippen LogP contribution in [-0.4, -0.2) is 29.7 Å². The van der Waals surface area contributed by atoms with Crippen molar-refractivity contribution in [2.24, 2.45) is 17.3 Å². The van der Waals surface area contributed by atoms with Crippen LogP contribution in [0.5, 0.6) is 5.75 Å². The Bertz CT molecular complexity index is 804. The fourth-order valence-corrected chi connectivity index (χ4v) is 4.62. The van der Waals surface area contributed by atoms with Crippen molar-refractivity contribution in [1.82, 2.24) is 4.98 Å². The molecule has 0 bridgehead atoms. The van der Waals surface area contributed by atoms with Gasteiger partial charge >= 0.3 is 5.97 Å². The summed E-state index contributed by atoms with van der Waals surface area (Å²) in [6.45, 7) is 6.81. The Morgan fingerprint density at radius 1 is 1.46 bits per heavy atom. The minimum Gasteiger partial charge on any atom is -0.507 e. The fourth-order valence-electron chi connectivity index (χ4n) is 3.90. The van der Waals surface area contributed by atoms with Crippen LogP contribution in [0.4, 0.5) is 5.13 Å². The van der Waals surface area contributed by atoms with Crippen molar-refractivity contribution in [3.8, 4) is 17.0 Å². The van der Waals surface area contributed by atoms with Gasteiger partial charge in [-0.3, -0.25) is 4.79 Å². The van der Waals surface area contributed by atoms with Crippen LogP contribution < -0.4 is 5.32 Å². The molecule has 3 unspecified atom stereocenters. The Hall–Kier alpha value is -2.08. The highest BCUT2D eigenvalue weighted by molar-refractivity contribution is 7.14. The van der Waals surface area contributed by atoms with Gasteiger partial charge in [0.2, 0.25) is 0 Å². The molecule has 1 saturated carbocycles. The van der Waals surface area contributed by atoms with Crippen molar-refractivity contribution in [2.45, 2.75) is 33.6 Å². The van der Waals surface area contributed by atoms with Crippen LogP contribution in [0.25, 0.3) is 11.3 Å². The predicted octanol–water partition coefficient (Wildman–Crippen LogP) is 4.46. The van der Waals surface area contributed by atoms with Crippen LogP contribution in [0.1, 0.15) is 32.3 Å². The number of hydrogen-bond donors (Lipinski definition) is 2. The van der Waals surface area contributed by atoms with Crippen molar-refractivity contribution in [1.29, 1.82) is 0 Å². The first-order valence-electron chi connectivity index (χ1n) is 8.94. The van der Waals surface area contributed by atoms with E-state index in [0.717, 1.165) is 34.8 Å². The summed E-state index contributed by atoms with van der Waals surface area (Å²) < 4.78 is 5.07. The highest BCUT2D eigenvalue weighted by Crippen LogP contribution is 2.48. The number of nitrogens with zero attached hydrogens (tertiary/aromatic N) is 1. The van der Waals surface area contributed by atoms with E-state index in [4.69, 9.17) is 4.74 Å². The maximum atomic E-state index is 12.3. The highest BCUT2D eigenvalue weighted by atomic mass is 32.1. The number of thiazole rings is 1. The van der Waals surface area contributed by atoms with E-state index < -0.39 is 5.41 Å². The van der Waals surface area contributed by atoms with E-state index in [1.165, 1.54) is 18.4 Å². The molecule has 1 aliphatic rings. The summed E-state index contributed by atoms with van der Waals surface area (Å²) in [5.41, 5.74) is 2.11. The number of carbonyl (C=O) groups is 1. The Kier molecular flexibility index (Phi) is 5.23. The third kappa shape index (κ3) is 3.30.